The molecule has 0 saturated heterocycles. The number of hydrogen-bond donors (Lipinski definition) is 1. The molecule has 0 radical (unpaired) electrons. The Bertz CT molecular complexity index is 1000. The molecule has 0 unspecified atom stereocenters. The van der Waals surface area contributed by atoms with Gasteiger partial charge in [-0.1, -0.05) is 12.1 Å². The average Bonchev–Trinajstić information content (AvgIpc) is 3.12. The van der Waals surface area contributed by atoms with Crippen molar-refractivity contribution in [2.75, 3.05) is 12.1 Å². The van der Waals surface area contributed by atoms with Crippen molar-refractivity contribution in [3.05, 3.63) is 71.8 Å². The van der Waals surface area contributed by atoms with Gasteiger partial charge in [0.25, 0.3) is 5.91 Å². The molecule has 130 valence electrons. The van der Waals surface area contributed by atoms with Gasteiger partial charge in [0.15, 0.2) is 11.5 Å². The summed E-state index contributed by atoms with van der Waals surface area (Å²) in [6.45, 7) is 2.00. The van der Waals surface area contributed by atoms with Crippen molar-refractivity contribution >= 4 is 11.6 Å². The van der Waals surface area contributed by atoms with Gasteiger partial charge in [-0.15, -0.1) is 0 Å². The Hall–Kier alpha value is -3.41. The first-order valence-corrected chi connectivity index (χ1v) is 8.03. The molecule has 26 heavy (non-hydrogen) atoms. The summed E-state index contributed by atoms with van der Waals surface area (Å²) in [5.74, 6) is 0.594. The third-order valence-corrected chi connectivity index (χ3v) is 4.15. The van der Waals surface area contributed by atoms with E-state index >= 15 is 0 Å². The molecule has 2 heterocycles. The van der Waals surface area contributed by atoms with Gasteiger partial charge in [-0.3, -0.25) is 9.78 Å². The van der Waals surface area contributed by atoms with E-state index in [1.54, 1.807) is 25.3 Å². The number of aromatic nitrogens is 1. The molecule has 0 atom stereocenters. The highest BCUT2D eigenvalue weighted by molar-refractivity contribution is 6.05. The van der Waals surface area contributed by atoms with E-state index in [4.69, 9.17) is 9.47 Å². The summed E-state index contributed by atoms with van der Waals surface area (Å²) in [5, 5.41) is 2.72. The van der Waals surface area contributed by atoms with E-state index in [0.717, 1.165) is 16.7 Å². The first kappa shape index (κ1) is 16.1. The van der Waals surface area contributed by atoms with Gasteiger partial charge in [0.1, 0.15) is 5.82 Å². The number of fused-ring (bicyclic) bond motifs is 1. The lowest BCUT2D eigenvalue weighted by Gasteiger charge is -2.09. The number of nitrogens with zero attached hydrogens (tertiary/aromatic N) is 1. The number of carbonyl (C=O) groups is 1. The van der Waals surface area contributed by atoms with Crippen molar-refractivity contribution < 1.29 is 18.7 Å². The van der Waals surface area contributed by atoms with Crippen LogP contribution in [0.3, 0.4) is 0 Å². The first-order valence-electron chi connectivity index (χ1n) is 8.03. The molecule has 0 aliphatic carbocycles. The maximum atomic E-state index is 13.4. The van der Waals surface area contributed by atoms with Gasteiger partial charge in [-0.2, -0.15) is 0 Å². The molecule has 4 rings (SSSR count). The van der Waals surface area contributed by atoms with Crippen LogP contribution in [0.15, 0.2) is 54.9 Å². The van der Waals surface area contributed by atoms with Crippen LogP contribution in [0.4, 0.5) is 10.1 Å². The van der Waals surface area contributed by atoms with Crippen molar-refractivity contribution in [2.45, 2.75) is 6.92 Å². The number of ether oxygens (including phenoxy) is 2. The fourth-order valence-electron chi connectivity index (χ4n) is 2.72. The largest absolute Gasteiger partial charge is 0.454 e. The number of carbonyl (C=O) groups excluding carboxylic acids is 1. The minimum atomic E-state index is -0.405. The zero-order chi connectivity index (χ0) is 18.1. The van der Waals surface area contributed by atoms with Gasteiger partial charge < -0.3 is 14.8 Å². The van der Waals surface area contributed by atoms with Crippen molar-refractivity contribution in [3.8, 4) is 22.6 Å². The van der Waals surface area contributed by atoms with Crippen LogP contribution in [0.2, 0.25) is 0 Å². The molecule has 1 aliphatic heterocycles. The minimum absolute atomic E-state index is 0.201. The van der Waals surface area contributed by atoms with Gasteiger partial charge in [0.05, 0.1) is 5.56 Å². The van der Waals surface area contributed by atoms with E-state index in [-0.39, 0.29) is 12.7 Å². The molecule has 2 aromatic carbocycles. The maximum absolute atomic E-state index is 13.4. The molecule has 1 aromatic heterocycles. The average molecular weight is 350 g/mol. The summed E-state index contributed by atoms with van der Waals surface area (Å²) in [6, 6.07) is 11.5. The highest BCUT2D eigenvalue weighted by Gasteiger charge is 2.15. The van der Waals surface area contributed by atoms with Crippen molar-refractivity contribution in [1.82, 2.24) is 4.98 Å². The van der Waals surface area contributed by atoms with Gasteiger partial charge in [0, 0.05) is 23.6 Å². The number of amides is 1. The van der Waals surface area contributed by atoms with E-state index < -0.39 is 5.82 Å². The van der Waals surface area contributed by atoms with Crippen LogP contribution < -0.4 is 14.8 Å². The number of aryl methyl sites for hydroxylation is 1. The second kappa shape index (κ2) is 6.48. The lowest BCUT2D eigenvalue weighted by Crippen LogP contribution is -2.13. The number of hydrogen-bond acceptors (Lipinski definition) is 4. The maximum Gasteiger partial charge on any atom is 0.257 e. The number of rotatable bonds is 3. The molecule has 5 nitrogen and oxygen atoms in total. The normalized spacial score (nSPS) is 12.1. The Labute approximate surface area is 149 Å². The summed E-state index contributed by atoms with van der Waals surface area (Å²) in [7, 11) is 0. The van der Waals surface area contributed by atoms with Crippen LogP contribution in [0.5, 0.6) is 11.5 Å². The zero-order valence-corrected chi connectivity index (χ0v) is 14.0. The van der Waals surface area contributed by atoms with Gasteiger partial charge in [0.2, 0.25) is 6.79 Å². The molecule has 6 heteroatoms. The Morgan fingerprint density at radius 2 is 1.88 bits per heavy atom. The van der Waals surface area contributed by atoms with E-state index in [9.17, 15) is 9.18 Å². The van der Waals surface area contributed by atoms with Crippen LogP contribution in [-0.4, -0.2) is 17.7 Å². The molecule has 1 aliphatic rings. The molecule has 0 bridgehead atoms. The highest BCUT2D eigenvalue weighted by atomic mass is 19.1. The predicted molar refractivity (Wildman–Crippen MR) is 94.9 cm³/mol. The minimum Gasteiger partial charge on any atom is -0.454 e. The van der Waals surface area contributed by atoms with Gasteiger partial charge in [-0.05, 0) is 48.4 Å². The lowest BCUT2D eigenvalue weighted by molar-refractivity contribution is 0.102. The topological polar surface area (TPSA) is 60.5 Å². The van der Waals surface area contributed by atoms with E-state index in [2.05, 4.69) is 10.3 Å². The molecule has 0 spiro atoms. The molecular formula is C20H15FN2O3. The van der Waals surface area contributed by atoms with Gasteiger partial charge >= 0.3 is 0 Å². The smallest absolute Gasteiger partial charge is 0.257 e. The third-order valence-electron chi connectivity index (χ3n) is 4.15. The predicted octanol–water partition coefficient (Wildman–Crippen LogP) is 4.18. The van der Waals surface area contributed by atoms with E-state index in [1.165, 1.54) is 18.3 Å². The van der Waals surface area contributed by atoms with Crippen molar-refractivity contribution in [2.24, 2.45) is 0 Å². The molecule has 0 fully saturated rings. The summed E-state index contributed by atoms with van der Waals surface area (Å²) < 4.78 is 24.1. The van der Waals surface area contributed by atoms with E-state index in [1.807, 2.05) is 18.2 Å². The summed E-state index contributed by atoms with van der Waals surface area (Å²) in [6.07, 6.45) is 3.14. The number of pyridine rings is 1. The standard InChI is InChI=1S/C20H15FN2O3/c1-12-2-4-16(21)8-17(12)23-20(24)15-6-14(9-22-10-15)13-3-5-18-19(7-13)26-11-25-18/h2-10H,11H2,1H3,(H,23,24). The lowest BCUT2D eigenvalue weighted by atomic mass is 10.0. The molecule has 1 N–H and O–H groups in total. The molecule has 0 saturated carbocycles. The second-order valence-electron chi connectivity index (χ2n) is 5.94. The van der Waals surface area contributed by atoms with Gasteiger partial charge in [-0.25, -0.2) is 4.39 Å². The van der Waals surface area contributed by atoms with Crippen LogP contribution in [-0.2, 0) is 0 Å². The highest BCUT2D eigenvalue weighted by Crippen LogP contribution is 2.35. The Balaban J connectivity index is 1.61. The summed E-state index contributed by atoms with van der Waals surface area (Å²) in [4.78, 5) is 16.7. The third kappa shape index (κ3) is 3.09. The second-order valence-corrected chi connectivity index (χ2v) is 5.94. The first-order chi connectivity index (χ1) is 12.6. The molecular weight excluding hydrogens is 335 g/mol. The van der Waals surface area contributed by atoms with Crippen molar-refractivity contribution in [1.29, 1.82) is 0 Å². The zero-order valence-electron chi connectivity index (χ0n) is 14.0. The molecule has 1 amide bonds. The molecule has 3 aromatic rings. The fourth-order valence-corrected chi connectivity index (χ4v) is 2.72. The Kier molecular flexibility index (Phi) is 4.01. The van der Waals surface area contributed by atoms with E-state index in [0.29, 0.717) is 22.7 Å². The van der Waals surface area contributed by atoms with Crippen LogP contribution in [0.1, 0.15) is 15.9 Å². The van der Waals surface area contributed by atoms with Crippen molar-refractivity contribution in [3.63, 3.8) is 0 Å². The fraction of sp³-hybridized carbons (Fsp3) is 0.100. The summed E-state index contributed by atoms with van der Waals surface area (Å²) >= 11 is 0. The van der Waals surface area contributed by atoms with Crippen LogP contribution in [0.25, 0.3) is 11.1 Å². The SMILES string of the molecule is Cc1ccc(F)cc1NC(=O)c1cncc(-c2ccc3c(c2)OCO3)c1. The monoisotopic (exact) mass is 350 g/mol. The van der Waals surface area contributed by atoms with Crippen LogP contribution in [0, 0.1) is 12.7 Å². The Morgan fingerprint density at radius 1 is 1.04 bits per heavy atom. The Morgan fingerprint density at radius 3 is 2.77 bits per heavy atom. The number of nitrogens with one attached hydrogen (secondary N) is 1. The summed E-state index contributed by atoms with van der Waals surface area (Å²) in [5.41, 5.74) is 3.22. The number of benzene rings is 2. The number of anilines is 1. The quantitative estimate of drug-likeness (QED) is 0.770. The van der Waals surface area contributed by atoms with Crippen LogP contribution >= 0.6 is 0 Å². The number of halogens is 1.